The molecule has 2 aromatic heterocycles. The van der Waals surface area contributed by atoms with Crippen molar-refractivity contribution in [2.24, 2.45) is 0 Å². The minimum atomic E-state index is -3.43. The SMILES string of the molecule is O=S(=O)(NCc1cccs1)c1cn[nH]c1. The van der Waals surface area contributed by atoms with Crippen LogP contribution in [0.4, 0.5) is 0 Å². The molecule has 0 unspecified atom stereocenters. The second-order valence-electron chi connectivity index (χ2n) is 2.84. The van der Waals surface area contributed by atoms with Crippen molar-refractivity contribution < 1.29 is 8.42 Å². The van der Waals surface area contributed by atoms with E-state index in [1.165, 1.54) is 23.7 Å². The highest BCUT2D eigenvalue weighted by molar-refractivity contribution is 7.89. The lowest BCUT2D eigenvalue weighted by molar-refractivity contribution is 0.582. The van der Waals surface area contributed by atoms with E-state index in [2.05, 4.69) is 14.9 Å². The van der Waals surface area contributed by atoms with Gasteiger partial charge in [0.25, 0.3) is 0 Å². The van der Waals surface area contributed by atoms with E-state index in [0.717, 1.165) is 4.88 Å². The molecular formula is C8H9N3O2S2. The number of sulfonamides is 1. The predicted octanol–water partition coefficient (Wildman–Crippen LogP) is 0.950. The van der Waals surface area contributed by atoms with Gasteiger partial charge in [0.05, 0.1) is 6.20 Å². The average molecular weight is 243 g/mol. The molecule has 2 N–H and O–H groups in total. The van der Waals surface area contributed by atoms with E-state index in [-0.39, 0.29) is 4.90 Å². The Bertz CT molecular complexity index is 502. The summed E-state index contributed by atoms with van der Waals surface area (Å²) in [5.41, 5.74) is 0. The molecule has 0 atom stereocenters. The highest BCUT2D eigenvalue weighted by atomic mass is 32.2. The summed E-state index contributed by atoms with van der Waals surface area (Å²) in [5, 5.41) is 7.96. The molecule has 0 saturated heterocycles. The van der Waals surface area contributed by atoms with Gasteiger partial charge in [-0.2, -0.15) is 5.10 Å². The van der Waals surface area contributed by atoms with Crippen LogP contribution in [0.2, 0.25) is 0 Å². The van der Waals surface area contributed by atoms with E-state index in [1.807, 2.05) is 17.5 Å². The second-order valence-corrected chi connectivity index (χ2v) is 5.64. The third-order valence-corrected chi connectivity index (χ3v) is 4.04. The van der Waals surface area contributed by atoms with Crippen molar-refractivity contribution in [1.82, 2.24) is 14.9 Å². The quantitative estimate of drug-likeness (QED) is 0.839. The van der Waals surface area contributed by atoms with Crippen LogP contribution in [0, 0.1) is 0 Å². The van der Waals surface area contributed by atoms with Crippen molar-refractivity contribution in [3.8, 4) is 0 Å². The summed E-state index contributed by atoms with van der Waals surface area (Å²) in [4.78, 5) is 1.13. The Morgan fingerprint density at radius 2 is 2.40 bits per heavy atom. The highest BCUT2D eigenvalue weighted by Gasteiger charge is 2.14. The van der Waals surface area contributed by atoms with Crippen LogP contribution in [-0.4, -0.2) is 18.6 Å². The zero-order chi connectivity index (χ0) is 10.7. The summed E-state index contributed by atoms with van der Waals surface area (Å²) in [6.07, 6.45) is 2.62. The lowest BCUT2D eigenvalue weighted by Crippen LogP contribution is -2.22. The maximum absolute atomic E-state index is 11.6. The first-order valence-corrected chi connectivity index (χ1v) is 6.55. The number of nitrogens with zero attached hydrogens (tertiary/aromatic N) is 1. The van der Waals surface area contributed by atoms with E-state index >= 15 is 0 Å². The van der Waals surface area contributed by atoms with E-state index < -0.39 is 10.0 Å². The van der Waals surface area contributed by atoms with Gasteiger partial charge in [-0.1, -0.05) is 6.07 Å². The van der Waals surface area contributed by atoms with E-state index in [1.54, 1.807) is 0 Å². The van der Waals surface area contributed by atoms with Crippen LogP contribution in [0.15, 0.2) is 34.8 Å². The smallest absolute Gasteiger partial charge is 0.244 e. The molecule has 0 amide bonds. The summed E-state index contributed by atoms with van der Waals surface area (Å²) in [6, 6.07) is 3.76. The molecule has 0 saturated carbocycles. The Labute approximate surface area is 91.2 Å². The summed E-state index contributed by atoms with van der Waals surface area (Å²) < 4.78 is 25.7. The molecule has 2 aromatic rings. The molecule has 2 heterocycles. The number of aromatic amines is 1. The number of aromatic nitrogens is 2. The van der Waals surface area contributed by atoms with Crippen LogP contribution < -0.4 is 4.72 Å². The molecule has 15 heavy (non-hydrogen) atoms. The van der Waals surface area contributed by atoms with Crippen LogP contribution in [0.3, 0.4) is 0 Å². The number of nitrogens with one attached hydrogen (secondary N) is 2. The standard InChI is InChI=1S/C8H9N3O2S2/c12-15(13,8-5-9-10-6-8)11-4-7-2-1-3-14-7/h1-3,5-6,11H,4H2,(H,9,10). The van der Waals surface area contributed by atoms with E-state index in [4.69, 9.17) is 0 Å². The molecule has 0 aromatic carbocycles. The Morgan fingerprint density at radius 3 is 3.00 bits per heavy atom. The van der Waals surface area contributed by atoms with Gasteiger partial charge in [0.2, 0.25) is 10.0 Å². The van der Waals surface area contributed by atoms with E-state index in [0.29, 0.717) is 6.54 Å². The van der Waals surface area contributed by atoms with Crippen molar-refractivity contribution in [2.75, 3.05) is 0 Å². The van der Waals surface area contributed by atoms with Gasteiger partial charge in [-0.25, -0.2) is 13.1 Å². The van der Waals surface area contributed by atoms with Crippen molar-refractivity contribution >= 4 is 21.4 Å². The molecule has 0 radical (unpaired) electrons. The maximum Gasteiger partial charge on any atom is 0.244 e. The summed E-state index contributed by atoms with van der Waals surface area (Å²) in [6.45, 7) is 0.311. The molecule has 0 aliphatic carbocycles. The first-order valence-electron chi connectivity index (χ1n) is 4.19. The van der Waals surface area contributed by atoms with Crippen molar-refractivity contribution in [3.05, 3.63) is 34.8 Å². The Kier molecular flexibility index (Phi) is 2.85. The van der Waals surface area contributed by atoms with E-state index in [9.17, 15) is 8.42 Å². The first kappa shape index (κ1) is 10.3. The summed E-state index contributed by atoms with van der Waals surface area (Å²) in [7, 11) is -3.43. The van der Waals surface area contributed by atoms with Crippen LogP contribution in [0.25, 0.3) is 0 Å². The van der Waals surface area contributed by atoms with Crippen LogP contribution in [-0.2, 0) is 16.6 Å². The van der Waals surface area contributed by atoms with Crippen molar-refractivity contribution in [3.63, 3.8) is 0 Å². The van der Waals surface area contributed by atoms with Crippen molar-refractivity contribution in [2.45, 2.75) is 11.4 Å². The van der Waals surface area contributed by atoms with Gasteiger partial charge in [-0.3, -0.25) is 5.10 Å². The van der Waals surface area contributed by atoms with Gasteiger partial charge in [0.1, 0.15) is 4.90 Å². The van der Waals surface area contributed by atoms with Gasteiger partial charge >= 0.3 is 0 Å². The molecule has 0 bridgehead atoms. The zero-order valence-electron chi connectivity index (χ0n) is 7.67. The largest absolute Gasteiger partial charge is 0.284 e. The van der Waals surface area contributed by atoms with Gasteiger partial charge < -0.3 is 0 Å². The minimum absolute atomic E-state index is 0.152. The molecule has 0 aliphatic rings. The molecule has 80 valence electrons. The third kappa shape index (κ3) is 2.44. The molecule has 7 heteroatoms. The number of rotatable bonds is 4. The topological polar surface area (TPSA) is 74.8 Å². The molecule has 0 fully saturated rings. The van der Waals surface area contributed by atoms with Crippen LogP contribution in [0.1, 0.15) is 4.88 Å². The van der Waals surface area contributed by atoms with Crippen LogP contribution in [0.5, 0.6) is 0 Å². The van der Waals surface area contributed by atoms with Gasteiger partial charge in [-0.05, 0) is 11.4 Å². The van der Waals surface area contributed by atoms with Gasteiger partial charge in [0.15, 0.2) is 0 Å². The van der Waals surface area contributed by atoms with Gasteiger partial charge in [-0.15, -0.1) is 11.3 Å². The Balaban J connectivity index is 2.06. The fourth-order valence-electron chi connectivity index (χ4n) is 1.05. The maximum atomic E-state index is 11.6. The van der Waals surface area contributed by atoms with Gasteiger partial charge in [0, 0.05) is 17.6 Å². The molecule has 2 rings (SSSR count). The number of H-pyrrole nitrogens is 1. The molecule has 0 aliphatic heterocycles. The normalized spacial score (nSPS) is 11.7. The molecule has 5 nitrogen and oxygen atoms in total. The highest BCUT2D eigenvalue weighted by Crippen LogP contribution is 2.10. The number of hydrogen-bond donors (Lipinski definition) is 2. The first-order chi connectivity index (χ1) is 7.18. The second kappa shape index (κ2) is 4.13. The fraction of sp³-hybridized carbons (Fsp3) is 0.125. The molecule has 0 spiro atoms. The van der Waals surface area contributed by atoms with Crippen LogP contribution >= 0.6 is 11.3 Å². The average Bonchev–Trinajstić information content (AvgIpc) is 2.88. The fourth-order valence-corrected chi connectivity index (χ4v) is 2.70. The monoisotopic (exact) mass is 243 g/mol. The Hall–Kier alpha value is -1.18. The third-order valence-electron chi connectivity index (χ3n) is 1.80. The molecular weight excluding hydrogens is 234 g/mol. The lowest BCUT2D eigenvalue weighted by Gasteiger charge is -2.01. The van der Waals surface area contributed by atoms with Crippen molar-refractivity contribution in [1.29, 1.82) is 0 Å². The summed E-state index contributed by atoms with van der Waals surface area (Å²) in [5.74, 6) is 0. The Morgan fingerprint density at radius 1 is 1.53 bits per heavy atom. The lowest BCUT2D eigenvalue weighted by atomic mass is 10.5. The zero-order valence-corrected chi connectivity index (χ0v) is 9.31. The summed E-state index contributed by atoms with van der Waals surface area (Å²) >= 11 is 1.51. The predicted molar refractivity (Wildman–Crippen MR) is 56.9 cm³/mol. The minimum Gasteiger partial charge on any atom is -0.284 e. The number of thiophene rings is 1. The number of hydrogen-bond acceptors (Lipinski definition) is 4.